The lowest BCUT2D eigenvalue weighted by atomic mass is 10.0. The van der Waals surface area contributed by atoms with Crippen LogP contribution in [0.5, 0.6) is 0 Å². The summed E-state index contributed by atoms with van der Waals surface area (Å²) in [5.41, 5.74) is 0.683. The quantitative estimate of drug-likeness (QED) is 0.905. The first-order chi connectivity index (χ1) is 8.59. The molecule has 98 valence electrons. The lowest BCUT2D eigenvalue weighted by molar-refractivity contribution is -0.143. The monoisotopic (exact) mass is 266 g/mol. The number of hydrogen-bond donors (Lipinski definition) is 1. The highest BCUT2D eigenvalue weighted by Gasteiger charge is 2.50. The molecule has 0 radical (unpaired) electrons. The Morgan fingerprint density at radius 2 is 2.44 bits per heavy atom. The van der Waals surface area contributed by atoms with Gasteiger partial charge in [-0.1, -0.05) is 0 Å². The second kappa shape index (κ2) is 4.31. The van der Waals surface area contributed by atoms with Crippen LogP contribution in [-0.2, 0) is 11.2 Å². The Morgan fingerprint density at radius 3 is 3.00 bits per heavy atom. The molecule has 0 spiro atoms. The molecule has 1 aromatic rings. The van der Waals surface area contributed by atoms with E-state index in [1.54, 1.807) is 11.3 Å². The van der Waals surface area contributed by atoms with E-state index in [4.69, 9.17) is 0 Å². The van der Waals surface area contributed by atoms with Crippen molar-refractivity contribution in [2.24, 2.45) is 5.41 Å². The van der Waals surface area contributed by atoms with Gasteiger partial charge in [0, 0.05) is 24.3 Å². The Labute approximate surface area is 111 Å². The molecule has 2 aliphatic rings. The van der Waals surface area contributed by atoms with Crippen LogP contribution < -0.4 is 0 Å². The van der Waals surface area contributed by atoms with Crippen LogP contribution in [-0.4, -0.2) is 41.1 Å². The predicted molar refractivity (Wildman–Crippen MR) is 70.0 cm³/mol. The Morgan fingerprint density at radius 1 is 1.67 bits per heavy atom. The summed E-state index contributed by atoms with van der Waals surface area (Å²) in [6.45, 7) is 2.21. The third-order valence-electron chi connectivity index (χ3n) is 4.18. The average Bonchev–Trinajstić information content (AvgIpc) is 2.76. The molecule has 1 unspecified atom stereocenters. The zero-order valence-corrected chi connectivity index (χ0v) is 11.4. The van der Waals surface area contributed by atoms with Crippen LogP contribution in [0, 0.1) is 5.41 Å². The van der Waals surface area contributed by atoms with Crippen LogP contribution in [0.15, 0.2) is 5.38 Å². The van der Waals surface area contributed by atoms with Gasteiger partial charge in [-0.2, -0.15) is 0 Å². The molecule has 1 atom stereocenters. The molecule has 1 aliphatic carbocycles. The van der Waals surface area contributed by atoms with E-state index in [0.717, 1.165) is 30.9 Å². The Kier molecular flexibility index (Phi) is 2.90. The molecule has 2 heterocycles. The van der Waals surface area contributed by atoms with Crippen molar-refractivity contribution >= 4 is 17.3 Å². The van der Waals surface area contributed by atoms with Crippen molar-refractivity contribution in [3.63, 3.8) is 0 Å². The number of carbonyl (C=O) groups is 1. The van der Waals surface area contributed by atoms with Crippen molar-refractivity contribution in [3.8, 4) is 0 Å². The number of nitrogens with zero attached hydrogens (tertiary/aromatic N) is 2. The Balaban J connectivity index is 1.69. The fourth-order valence-electron chi connectivity index (χ4n) is 2.68. The van der Waals surface area contributed by atoms with Gasteiger partial charge in [0.2, 0.25) is 0 Å². The van der Waals surface area contributed by atoms with Crippen LogP contribution in [0.4, 0.5) is 0 Å². The van der Waals surface area contributed by atoms with Gasteiger partial charge in [0.25, 0.3) is 0 Å². The third-order valence-corrected chi connectivity index (χ3v) is 5.04. The SMILES string of the molecule is CN1CCC(c2csc(CC3(C(=O)O)CC3)n2)C1. The summed E-state index contributed by atoms with van der Waals surface area (Å²) in [6.07, 6.45) is 3.41. The smallest absolute Gasteiger partial charge is 0.310 e. The molecule has 0 bridgehead atoms. The summed E-state index contributed by atoms with van der Waals surface area (Å²) in [7, 11) is 2.14. The van der Waals surface area contributed by atoms with E-state index >= 15 is 0 Å². The van der Waals surface area contributed by atoms with Gasteiger partial charge in [-0.3, -0.25) is 4.79 Å². The average molecular weight is 266 g/mol. The van der Waals surface area contributed by atoms with Crippen molar-refractivity contribution in [2.45, 2.75) is 31.6 Å². The summed E-state index contributed by atoms with van der Waals surface area (Å²) in [6, 6.07) is 0. The van der Waals surface area contributed by atoms with Gasteiger partial charge in [-0.05, 0) is 32.9 Å². The van der Waals surface area contributed by atoms with Crippen LogP contribution in [0.25, 0.3) is 0 Å². The van der Waals surface area contributed by atoms with E-state index in [1.807, 2.05) is 0 Å². The first-order valence-electron chi connectivity index (χ1n) is 6.45. The highest BCUT2D eigenvalue weighted by atomic mass is 32.1. The molecule has 3 rings (SSSR count). The van der Waals surface area contributed by atoms with E-state index < -0.39 is 11.4 Å². The van der Waals surface area contributed by atoms with Crippen LogP contribution in [0.3, 0.4) is 0 Å². The second-order valence-electron chi connectivity index (χ2n) is 5.68. The van der Waals surface area contributed by atoms with Crippen LogP contribution in [0.2, 0.25) is 0 Å². The largest absolute Gasteiger partial charge is 0.481 e. The number of likely N-dealkylation sites (N-methyl/N-ethyl adjacent to an activating group) is 1. The van der Waals surface area contributed by atoms with E-state index in [1.165, 1.54) is 12.1 Å². The van der Waals surface area contributed by atoms with Gasteiger partial charge < -0.3 is 10.0 Å². The fourth-order valence-corrected chi connectivity index (χ4v) is 3.70. The molecule has 0 aromatic carbocycles. The molecular weight excluding hydrogens is 248 g/mol. The van der Waals surface area contributed by atoms with E-state index in [-0.39, 0.29) is 0 Å². The number of aliphatic carboxylic acids is 1. The summed E-state index contributed by atoms with van der Waals surface area (Å²) in [4.78, 5) is 18.1. The number of likely N-dealkylation sites (tertiary alicyclic amines) is 1. The number of hydrogen-bond acceptors (Lipinski definition) is 4. The number of carboxylic acids is 1. The second-order valence-corrected chi connectivity index (χ2v) is 6.62. The van der Waals surface area contributed by atoms with Gasteiger partial charge in [-0.25, -0.2) is 4.98 Å². The minimum absolute atomic E-state index is 0.485. The van der Waals surface area contributed by atoms with Gasteiger partial charge >= 0.3 is 5.97 Å². The first-order valence-corrected chi connectivity index (χ1v) is 7.33. The molecule has 1 aromatic heterocycles. The van der Waals surface area contributed by atoms with Gasteiger partial charge in [0.15, 0.2) is 0 Å². The van der Waals surface area contributed by atoms with Gasteiger partial charge in [0.1, 0.15) is 0 Å². The Bertz CT molecular complexity index is 467. The maximum absolute atomic E-state index is 11.2. The van der Waals surface area contributed by atoms with E-state index in [9.17, 15) is 9.90 Å². The maximum Gasteiger partial charge on any atom is 0.310 e. The molecular formula is C13H18N2O2S. The predicted octanol–water partition coefficient (Wildman–Crippen LogP) is 1.97. The molecule has 4 nitrogen and oxygen atoms in total. The van der Waals surface area contributed by atoms with E-state index in [2.05, 4.69) is 22.3 Å². The molecule has 1 N–H and O–H groups in total. The van der Waals surface area contributed by atoms with Crippen LogP contribution in [0.1, 0.15) is 35.9 Å². The minimum atomic E-state index is -0.653. The van der Waals surface area contributed by atoms with Crippen molar-refractivity contribution in [1.29, 1.82) is 0 Å². The highest BCUT2D eigenvalue weighted by Crippen LogP contribution is 2.49. The lowest BCUT2D eigenvalue weighted by Crippen LogP contribution is -2.17. The molecule has 18 heavy (non-hydrogen) atoms. The third kappa shape index (κ3) is 2.17. The van der Waals surface area contributed by atoms with Crippen LogP contribution >= 0.6 is 11.3 Å². The molecule has 1 saturated heterocycles. The summed E-state index contributed by atoms with van der Waals surface area (Å²) >= 11 is 1.63. The molecule has 0 amide bonds. The number of carboxylic acid groups (broad SMARTS) is 1. The first kappa shape index (κ1) is 12.1. The van der Waals surface area contributed by atoms with Crippen molar-refractivity contribution < 1.29 is 9.90 Å². The van der Waals surface area contributed by atoms with Gasteiger partial charge in [0.05, 0.1) is 16.1 Å². The standard InChI is InChI=1S/C13H18N2O2S/c1-15-5-2-9(7-15)10-8-18-11(14-10)6-13(3-4-13)12(16)17/h8-9H,2-7H2,1H3,(H,16,17). The summed E-state index contributed by atoms with van der Waals surface area (Å²) in [5, 5.41) is 12.3. The molecule has 1 saturated carbocycles. The number of rotatable bonds is 4. The topological polar surface area (TPSA) is 53.4 Å². The normalized spacial score (nSPS) is 26.4. The zero-order chi connectivity index (χ0) is 12.8. The summed E-state index contributed by atoms with van der Waals surface area (Å²) in [5.74, 6) is -0.111. The Hall–Kier alpha value is -0.940. The summed E-state index contributed by atoms with van der Waals surface area (Å²) < 4.78 is 0. The number of thiazole rings is 1. The zero-order valence-electron chi connectivity index (χ0n) is 10.6. The van der Waals surface area contributed by atoms with Crippen molar-refractivity contribution in [3.05, 3.63) is 16.1 Å². The lowest BCUT2D eigenvalue weighted by Gasteiger charge is -2.08. The van der Waals surface area contributed by atoms with E-state index in [0.29, 0.717) is 12.3 Å². The maximum atomic E-state index is 11.2. The number of aromatic nitrogens is 1. The van der Waals surface area contributed by atoms with Crippen molar-refractivity contribution in [2.75, 3.05) is 20.1 Å². The molecule has 5 heteroatoms. The highest BCUT2D eigenvalue weighted by molar-refractivity contribution is 7.09. The molecule has 1 aliphatic heterocycles. The minimum Gasteiger partial charge on any atom is -0.481 e. The van der Waals surface area contributed by atoms with Gasteiger partial charge in [-0.15, -0.1) is 11.3 Å². The van der Waals surface area contributed by atoms with Crippen molar-refractivity contribution in [1.82, 2.24) is 9.88 Å². The molecule has 2 fully saturated rings. The fraction of sp³-hybridized carbons (Fsp3) is 0.692.